The molecule has 0 unspecified atom stereocenters. The standard InChI is InChI=1S/2C13H9.2BrH.Ti/c2*1-3-7-12-10(5-1)9-11-6-2-4-8-13(11)12;;;/h2*1-9H;2*1H;/q2*-1;;;+4/p-2. The quantitative estimate of drug-likeness (QED) is 0.203. The summed E-state index contributed by atoms with van der Waals surface area (Å²) < 4.78 is 0. The van der Waals surface area contributed by atoms with Gasteiger partial charge in [0.1, 0.15) is 0 Å². The van der Waals surface area contributed by atoms with Crippen molar-refractivity contribution in [3.8, 4) is 0 Å². The molecule has 140 valence electrons. The zero-order chi connectivity index (χ0) is 17.3. The van der Waals surface area contributed by atoms with Crippen LogP contribution in [0.4, 0.5) is 0 Å². The molecule has 0 N–H and O–H groups in total. The third-order valence-electron chi connectivity index (χ3n) is 5.05. The summed E-state index contributed by atoms with van der Waals surface area (Å²) in [4.78, 5) is 0. The molecule has 6 aromatic carbocycles. The van der Waals surface area contributed by atoms with Crippen molar-refractivity contribution in [2.75, 3.05) is 0 Å². The summed E-state index contributed by atoms with van der Waals surface area (Å²) in [6.45, 7) is 0. The fourth-order valence-electron chi connectivity index (χ4n) is 3.81. The van der Waals surface area contributed by atoms with E-state index in [-0.39, 0.29) is 55.7 Å². The van der Waals surface area contributed by atoms with E-state index in [2.05, 4.69) is 109 Å². The first-order valence-electron chi connectivity index (χ1n) is 8.96. The Morgan fingerprint density at radius 2 is 0.552 bits per heavy atom. The molecule has 0 aromatic heterocycles. The predicted molar refractivity (Wildman–Crippen MR) is 114 cm³/mol. The molecule has 0 fully saturated rings. The van der Waals surface area contributed by atoms with E-state index in [0.717, 1.165) is 0 Å². The Bertz CT molecular complexity index is 1140. The number of halogens is 2. The molecule has 0 aliphatic heterocycles. The van der Waals surface area contributed by atoms with Gasteiger partial charge in [-0.3, -0.25) is 0 Å². The van der Waals surface area contributed by atoms with Crippen molar-refractivity contribution in [1.29, 1.82) is 0 Å². The number of hydrogen-bond acceptors (Lipinski definition) is 0. The average molecular weight is 538 g/mol. The molecule has 0 saturated carbocycles. The van der Waals surface area contributed by atoms with E-state index in [9.17, 15) is 0 Å². The van der Waals surface area contributed by atoms with Crippen molar-refractivity contribution in [2.24, 2.45) is 0 Å². The van der Waals surface area contributed by atoms with Crippen molar-refractivity contribution in [3.63, 3.8) is 0 Å². The maximum atomic E-state index is 2.24. The van der Waals surface area contributed by atoms with Crippen LogP contribution in [0.15, 0.2) is 109 Å². The van der Waals surface area contributed by atoms with Gasteiger partial charge in [0.05, 0.1) is 0 Å². The van der Waals surface area contributed by atoms with Crippen LogP contribution in [0.1, 0.15) is 0 Å². The molecule has 6 rings (SSSR count). The van der Waals surface area contributed by atoms with E-state index in [1.807, 2.05) is 0 Å². The van der Waals surface area contributed by atoms with Crippen LogP contribution in [-0.2, 0) is 21.7 Å². The molecule has 6 aromatic rings. The Morgan fingerprint density at radius 1 is 0.345 bits per heavy atom. The fourth-order valence-corrected chi connectivity index (χ4v) is 3.81. The maximum absolute atomic E-state index is 2.24. The Labute approximate surface area is 206 Å². The van der Waals surface area contributed by atoms with E-state index in [4.69, 9.17) is 0 Å². The third-order valence-corrected chi connectivity index (χ3v) is 5.05. The topological polar surface area (TPSA) is 0 Å². The van der Waals surface area contributed by atoms with Gasteiger partial charge >= 0.3 is 21.7 Å². The molecule has 3 heteroatoms. The van der Waals surface area contributed by atoms with Gasteiger partial charge in [0.25, 0.3) is 0 Å². The van der Waals surface area contributed by atoms with Gasteiger partial charge in [0, 0.05) is 0 Å². The van der Waals surface area contributed by atoms with E-state index in [0.29, 0.717) is 0 Å². The molecule has 0 heterocycles. The van der Waals surface area contributed by atoms with E-state index < -0.39 is 0 Å². The van der Waals surface area contributed by atoms with E-state index >= 15 is 0 Å². The monoisotopic (exact) mass is 536 g/mol. The van der Waals surface area contributed by atoms with Crippen molar-refractivity contribution < 1.29 is 55.7 Å². The van der Waals surface area contributed by atoms with Gasteiger partial charge in [-0.25, -0.2) is 0 Å². The van der Waals surface area contributed by atoms with Crippen LogP contribution < -0.4 is 34.0 Å². The molecule has 0 spiro atoms. The number of fused-ring (bicyclic) bond motifs is 6. The van der Waals surface area contributed by atoms with Crippen molar-refractivity contribution in [3.05, 3.63) is 109 Å². The van der Waals surface area contributed by atoms with E-state index in [1.54, 1.807) is 0 Å². The van der Waals surface area contributed by atoms with Gasteiger partial charge in [0.15, 0.2) is 0 Å². The molecule has 0 radical (unpaired) electrons. The van der Waals surface area contributed by atoms with Gasteiger partial charge in [-0.2, -0.15) is 0 Å². The Balaban J connectivity index is 0.000000187. The summed E-state index contributed by atoms with van der Waals surface area (Å²) in [6, 6.07) is 38.5. The van der Waals surface area contributed by atoms with Gasteiger partial charge in [-0.1, -0.05) is 72.8 Å². The molecule has 0 atom stereocenters. The van der Waals surface area contributed by atoms with Crippen LogP contribution in [0.25, 0.3) is 43.1 Å². The van der Waals surface area contributed by atoms with Crippen LogP contribution in [0.3, 0.4) is 0 Å². The molecule has 0 aliphatic carbocycles. The number of benzene rings is 4. The second-order valence-electron chi connectivity index (χ2n) is 6.64. The maximum Gasteiger partial charge on any atom is 4.00 e. The summed E-state index contributed by atoms with van der Waals surface area (Å²) >= 11 is 0. The van der Waals surface area contributed by atoms with Crippen molar-refractivity contribution in [2.45, 2.75) is 0 Å². The Kier molecular flexibility index (Phi) is 8.42. The molecule has 29 heavy (non-hydrogen) atoms. The average Bonchev–Trinajstić information content (AvgIpc) is 3.27. The van der Waals surface area contributed by atoms with E-state index in [1.165, 1.54) is 43.1 Å². The smallest absolute Gasteiger partial charge is 1.00 e. The second kappa shape index (κ2) is 10.4. The van der Waals surface area contributed by atoms with Crippen LogP contribution in [0.2, 0.25) is 0 Å². The SMILES string of the molecule is [Br-].[Br-].[Ti+4].c1ccc2c(c1)[cH-]c1ccccc12.c1ccc2c(c1)[cH-]c1ccccc12. The van der Waals surface area contributed by atoms with Crippen LogP contribution in [-0.4, -0.2) is 0 Å². The summed E-state index contributed by atoms with van der Waals surface area (Å²) in [5.74, 6) is 0. The zero-order valence-electron chi connectivity index (χ0n) is 15.6. The Morgan fingerprint density at radius 3 is 0.793 bits per heavy atom. The van der Waals surface area contributed by atoms with Gasteiger partial charge < -0.3 is 34.0 Å². The van der Waals surface area contributed by atoms with Crippen LogP contribution in [0.5, 0.6) is 0 Å². The first kappa shape index (κ1) is 23.6. The molecule has 0 amide bonds. The summed E-state index contributed by atoms with van der Waals surface area (Å²) in [7, 11) is 0. The van der Waals surface area contributed by atoms with Crippen molar-refractivity contribution in [1.82, 2.24) is 0 Å². The molecule has 0 nitrogen and oxygen atoms in total. The van der Waals surface area contributed by atoms with Gasteiger partial charge in [-0.15, -0.1) is 79.5 Å². The van der Waals surface area contributed by atoms with Crippen molar-refractivity contribution >= 4 is 43.1 Å². The van der Waals surface area contributed by atoms with Crippen LogP contribution in [0, 0.1) is 0 Å². The minimum atomic E-state index is 0. The van der Waals surface area contributed by atoms with Gasteiger partial charge in [-0.05, 0) is 0 Å². The molecule has 0 bridgehead atoms. The summed E-state index contributed by atoms with van der Waals surface area (Å²) in [6.07, 6.45) is 0. The zero-order valence-corrected chi connectivity index (χ0v) is 20.4. The first-order valence-corrected chi connectivity index (χ1v) is 8.96. The molecule has 0 aliphatic rings. The third kappa shape index (κ3) is 4.57. The minimum Gasteiger partial charge on any atom is -1.00 e. The Hall–Kier alpha value is -1.71. The number of rotatable bonds is 0. The number of hydrogen-bond donors (Lipinski definition) is 0. The molecule has 0 saturated heterocycles. The van der Waals surface area contributed by atoms with Crippen LogP contribution >= 0.6 is 0 Å². The second-order valence-corrected chi connectivity index (χ2v) is 6.64. The largest absolute Gasteiger partial charge is 4.00 e. The normalized spacial score (nSPS) is 9.93. The predicted octanol–water partition coefficient (Wildman–Crippen LogP) is 1.43. The summed E-state index contributed by atoms with van der Waals surface area (Å²) in [5.41, 5.74) is 0. The minimum absolute atomic E-state index is 0. The first-order chi connectivity index (χ1) is 12.9. The molecular formula is C26H18Br2Ti. The molecular weight excluding hydrogens is 520 g/mol. The fraction of sp³-hybridized carbons (Fsp3) is 0. The van der Waals surface area contributed by atoms with Gasteiger partial charge in [0.2, 0.25) is 0 Å². The summed E-state index contributed by atoms with van der Waals surface area (Å²) in [5, 5.41) is 10.8.